The van der Waals surface area contributed by atoms with Gasteiger partial charge in [-0.05, 0) is 23.3 Å². The number of hydrogen-bond donors (Lipinski definition) is 1. The number of hydrogen-bond acceptors (Lipinski definition) is 7. The van der Waals surface area contributed by atoms with Crippen molar-refractivity contribution in [1.82, 2.24) is 0 Å². The van der Waals surface area contributed by atoms with Crippen LogP contribution in [-0.2, 0) is 15.5 Å². The second-order valence-corrected chi connectivity index (χ2v) is 6.19. The van der Waals surface area contributed by atoms with Gasteiger partial charge in [-0.1, -0.05) is 12.1 Å². The molecule has 0 spiro atoms. The van der Waals surface area contributed by atoms with Crippen molar-refractivity contribution in [2.75, 3.05) is 0 Å². The van der Waals surface area contributed by atoms with E-state index in [0.29, 0.717) is 5.56 Å². The number of nitro groups is 2. The van der Waals surface area contributed by atoms with Crippen LogP contribution in [0.15, 0.2) is 48.5 Å². The summed E-state index contributed by atoms with van der Waals surface area (Å²) in [6, 6.07) is 10.3. The molecule has 2 atom stereocenters. The Morgan fingerprint density at radius 3 is 1.80 bits per heavy atom. The molecule has 25 heavy (non-hydrogen) atoms. The van der Waals surface area contributed by atoms with Crippen LogP contribution in [0.25, 0.3) is 0 Å². The van der Waals surface area contributed by atoms with E-state index in [9.17, 15) is 29.7 Å². The maximum absolute atomic E-state index is 11.1. The highest BCUT2D eigenvalue weighted by Gasteiger charge is 2.20. The molecule has 2 unspecified atom stereocenters. The number of phosphoric acid groups is 1. The van der Waals surface area contributed by atoms with E-state index >= 15 is 0 Å². The smallest absolute Gasteiger partial charge is 0.269 e. The number of non-ortho nitro benzene ring substituents is 2. The summed E-state index contributed by atoms with van der Waals surface area (Å²) in [5, 5.41) is 21.3. The third-order valence-electron chi connectivity index (χ3n) is 3.30. The van der Waals surface area contributed by atoms with Gasteiger partial charge in [-0.2, -0.15) is 0 Å². The van der Waals surface area contributed by atoms with Gasteiger partial charge in [-0.3, -0.25) is 24.8 Å². The second kappa shape index (κ2) is 7.49. The van der Waals surface area contributed by atoms with Crippen molar-refractivity contribution < 1.29 is 28.7 Å². The summed E-state index contributed by atoms with van der Waals surface area (Å²) in [6.07, 6.45) is -1.17. The Bertz CT molecular complexity index is 816. The second-order valence-electron chi connectivity index (χ2n) is 5.04. The number of benzene rings is 2. The van der Waals surface area contributed by atoms with Gasteiger partial charge in [-0.15, -0.1) is 0 Å². The van der Waals surface area contributed by atoms with Gasteiger partial charge in [0.2, 0.25) is 0 Å². The average Bonchev–Trinajstić information content (AvgIpc) is 2.53. The Morgan fingerprint density at radius 1 is 0.960 bits per heavy atom. The van der Waals surface area contributed by atoms with E-state index in [1.165, 1.54) is 48.5 Å². The van der Waals surface area contributed by atoms with E-state index in [4.69, 9.17) is 4.89 Å². The van der Waals surface area contributed by atoms with Gasteiger partial charge in [0, 0.05) is 30.7 Å². The summed E-state index contributed by atoms with van der Waals surface area (Å²) >= 11 is 0. The first-order valence-electron chi connectivity index (χ1n) is 6.85. The molecular formula is C14H12N2O8P-. The fourth-order valence-corrected chi connectivity index (χ4v) is 2.67. The lowest BCUT2D eigenvalue weighted by Gasteiger charge is -2.24. The van der Waals surface area contributed by atoms with Gasteiger partial charge in [0.25, 0.3) is 19.2 Å². The summed E-state index contributed by atoms with van der Waals surface area (Å²) in [6.45, 7) is 0. The first-order chi connectivity index (χ1) is 11.7. The molecule has 0 bridgehead atoms. The SMILES string of the molecule is O=[N+]([O-])c1ccc(CC(OP(=O)([O-])O)c2ccc([N+](=O)[O-])cc2)cc1. The lowest BCUT2D eigenvalue weighted by molar-refractivity contribution is -0.385. The topological polar surface area (TPSA) is 156 Å². The van der Waals surface area contributed by atoms with Crippen LogP contribution in [0.3, 0.4) is 0 Å². The van der Waals surface area contributed by atoms with Crippen LogP contribution in [0.4, 0.5) is 11.4 Å². The van der Waals surface area contributed by atoms with E-state index < -0.39 is 23.8 Å². The molecule has 0 saturated heterocycles. The molecule has 0 aliphatic heterocycles. The zero-order valence-electron chi connectivity index (χ0n) is 12.5. The summed E-state index contributed by atoms with van der Waals surface area (Å²) in [7, 11) is -5.07. The predicted molar refractivity (Wildman–Crippen MR) is 83.5 cm³/mol. The Labute approximate surface area is 141 Å². The van der Waals surface area contributed by atoms with Gasteiger partial charge < -0.3 is 14.3 Å². The van der Waals surface area contributed by atoms with Crippen LogP contribution in [-0.4, -0.2) is 14.7 Å². The van der Waals surface area contributed by atoms with Gasteiger partial charge >= 0.3 is 0 Å². The quantitative estimate of drug-likeness (QED) is 0.443. The van der Waals surface area contributed by atoms with Crippen LogP contribution in [0.1, 0.15) is 17.2 Å². The van der Waals surface area contributed by atoms with Crippen molar-refractivity contribution in [3.8, 4) is 0 Å². The minimum Gasteiger partial charge on any atom is -0.756 e. The molecule has 0 radical (unpaired) electrons. The van der Waals surface area contributed by atoms with E-state index in [1.54, 1.807) is 0 Å². The highest BCUT2D eigenvalue weighted by atomic mass is 31.2. The minimum absolute atomic E-state index is 0.0252. The van der Waals surface area contributed by atoms with Gasteiger partial charge in [0.05, 0.1) is 16.0 Å². The Balaban J connectivity index is 2.27. The van der Waals surface area contributed by atoms with Crippen LogP contribution < -0.4 is 4.89 Å². The first-order valence-corrected chi connectivity index (χ1v) is 8.35. The molecule has 0 heterocycles. The van der Waals surface area contributed by atoms with Crippen molar-refractivity contribution in [1.29, 1.82) is 0 Å². The molecule has 0 aliphatic carbocycles. The normalized spacial score (nSPS) is 14.5. The van der Waals surface area contributed by atoms with Crippen molar-refractivity contribution in [2.45, 2.75) is 12.5 Å². The highest BCUT2D eigenvalue weighted by molar-refractivity contribution is 7.44. The fourth-order valence-electron chi connectivity index (χ4n) is 2.16. The van der Waals surface area contributed by atoms with E-state index in [1.807, 2.05) is 0 Å². The Morgan fingerprint density at radius 2 is 1.40 bits per heavy atom. The third-order valence-corrected chi connectivity index (χ3v) is 3.83. The number of rotatable bonds is 7. The van der Waals surface area contributed by atoms with Crippen LogP contribution in [0.5, 0.6) is 0 Å². The summed E-state index contributed by atoms with van der Waals surface area (Å²) in [5.74, 6) is 0. The zero-order chi connectivity index (χ0) is 18.6. The summed E-state index contributed by atoms with van der Waals surface area (Å²) in [5.41, 5.74) is 0.483. The third kappa shape index (κ3) is 5.44. The summed E-state index contributed by atoms with van der Waals surface area (Å²) < 4.78 is 15.7. The molecule has 11 heteroatoms. The fraction of sp³-hybridized carbons (Fsp3) is 0.143. The van der Waals surface area contributed by atoms with Crippen LogP contribution in [0.2, 0.25) is 0 Å². The largest absolute Gasteiger partial charge is 0.756 e. The maximum atomic E-state index is 11.1. The molecule has 0 amide bonds. The Hall–Kier alpha value is -2.65. The van der Waals surface area contributed by atoms with Crippen LogP contribution >= 0.6 is 7.82 Å². The Kier molecular flexibility index (Phi) is 5.60. The molecule has 132 valence electrons. The lowest BCUT2D eigenvalue weighted by atomic mass is 10.0. The number of nitro benzene ring substituents is 2. The van der Waals surface area contributed by atoms with Crippen molar-refractivity contribution in [3.63, 3.8) is 0 Å². The molecule has 0 fully saturated rings. The molecule has 10 nitrogen and oxygen atoms in total. The predicted octanol–water partition coefficient (Wildman–Crippen LogP) is 2.26. The van der Waals surface area contributed by atoms with E-state index in [0.717, 1.165) is 0 Å². The maximum Gasteiger partial charge on any atom is 0.269 e. The minimum atomic E-state index is -5.07. The molecule has 1 N–H and O–H groups in total. The van der Waals surface area contributed by atoms with Crippen LogP contribution in [0, 0.1) is 20.2 Å². The standard InChI is InChI=1S/C14H13N2O8P/c17-15(18)12-5-1-10(2-6-12)9-14(24-25(21,22)23)11-3-7-13(8-4-11)16(19)20/h1-8,14H,9H2,(H2,21,22,23)/p-1. The molecule has 0 saturated carbocycles. The molecule has 2 rings (SSSR count). The molecule has 2 aromatic carbocycles. The first kappa shape index (κ1) is 18.7. The average molecular weight is 367 g/mol. The monoisotopic (exact) mass is 367 g/mol. The highest BCUT2D eigenvalue weighted by Crippen LogP contribution is 2.40. The van der Waals surface area contributed by atoms with Gasteiger partial charge in [0.15, 0.2) is 0 Å². The molecule has 0 aromatic heterocycles. The van der Waals surface area contributed by atoms with Crippen molar-refractivity contribution in [2.24, 2.45) is 0 Å². The van der Waals surface area contributed by atoms with Crippen molar-refractivity contribution in [3.05, 3.63) is 79.9 Å². The number of phosphoric ester groups is 1. The molecule has 2 aromatic rings. The number of nitrogens with zero attached hydrogens (tertiary/aromatic N) is 2. The molecular weight excluding hydrogens is 355 g/mol. The van der Waals surface area contributed by atoms with Crippen molar-refractivity contribution >= 4 is 19.2 Å². The molecule has 0 aliphatic rings. The zero-order valence-corrected chi connectivity index (χ0v) is 13.4. The van der Waals surface area contributed by atoms with Gasteiger partial charge in [0.1, 0.15) is 0 Å². The van der Waals surface area contributed by atoms with Gasteiger partial charge in [-0.25, -0.2) is 0 Å². The van der Waals surface area contributed by atoms with E-state index in [2.05, 4.69) is 4.52 Å². The lowest BCUT2D eigenvalue weighted by Crippen LogP contribution is -2.12. The summed E-state index contributed by atoms with van der Waals surface area (Å²) in [4.78, 5) is 40.2. The van der Waals surface area contributed by atoms with E-state index in [-0.39, 0.29) is 23.4 Å².